The highest BCUT2D eigenvalue weighted by molar-refractivity contribution is 5.68. The highest BCUT2D eigenvalue weighted by Gasteiger charge is 2.41. The average molecular weight is 247 g/mol. The molecule has 1 saturated heterocycles. The highest BCUT2D eigenvalue weighted by Crippen LogP contribution is 2.33. The topological polar surface area (TPSA) is 49.8 Å². The van der Waals surface area contributed by atoms with Crippen LogP contribution < -0.4 is 0 Å². The number of amides is 1. The fourth-order valence-electron chi connectivity index (χ4n) is 1.72. The number of likely N-dealkylation sites (tertiary alicyclic amines) is 1. The maximum atomic E-state index is 13.9. The molecule has 0 saturated carbocycles. The smallest absolute Gasteiger partial charge is 0.410 e. The summed E-state index contributed by atoms with van der Waals surface area (Å²) in [6.45, 7) is 7.25. The molecule has 0 bridgehead atoms. The van der Waals surface area contributed by atoms with Gasteiger partial charge in [-0.1, -0.05) is 6.92 Å². The Morgan fingerprint density at radius 3 is 2.59 bits per heavy atom. The first-order chi connectivity index (χ1) is 7.68. The van der Waals surface area contributed by atoms with E-state index < -0.39 is 23.3 Å². The number of hydrogen-bond acceptors (Lipinski definition) is 3. The average Bonchev–Trinajstić information content (AvgIpc) is 2.19. The van der Waals surface area contributed by atoms with Crippen LogP contribution >= 0.6 is 0 Å². The molecule has 1 heterocycles. The fraction of sp³-hybridized carbons (Fsp3) is 0.917. The minimum absolute atomic E-state index is 0.00796. The zero-order valence-corrected chi connectivity index (χ0v) is 11.0. The van der Waals surface area contributed by atoms with E-state index in [0.29, 0.717) is 13.0 Å². The molecule has 17 heavy (non-hydrogen) atoms. The van der Waals surface area contributed by atoms with Gasteiger partial charge in [-0.15, -0.1) is 0 Å². The molecule has 1 rings (SSSR count). The molecule has 0 unspecified atom stereocenters. The molecule has 4 nitrogen and oxygen atoms in total. The molecule has 1 aliphatic rings. The van der Waals surface area contributed by atoms with E-state index in [1.54, 1.807) is 27.7 Å². The third-order valence-corrected chi connectivity index (χ3v) is 3.10. The van der Waals surface area contributed by atoms with Gasteiger partial charge < -0.3 is 14.7 Å². The normalized spacial score (nSPS) is 30.2. The van der Waals surface area contributed by atoms with Crippen molar-refractivity contribution in [1.29, 1.82) is 0 Å². The lowest BCUT2D eigenvalue weighted by Gasteiger charge is -2.41. The van der Waals surface area contributed by atoms with Gasteiger partial charge in [-0.25, -0.2) is 9.18 Å². The molecule has 1 N–H and O–H groups in total. The first kappa shape index (κ1) is 14.2. The summed E-state index contributed by atoms with van der Waals surface area (Å²) >= 11 is 0. The molecular formula is C12H22FNO3. The predicted octanol–water partition coefficient (Wildman–Crippen LogP) is 1.96. The number of piperidine rings is 1. The standard InChI is InChI=1S/C12H22FNO3/c1-11(2,3)17-10(16)14-6-5-12(4,8-15)9(13)7-14/h9,15H,5-8H2,1-4H3/t9-,12-/m0/s1. The first-order valence-corrected chi connectivity index (χ1v) is 5.91. The number of alkyl halides is 1. The largest absolute Gasteiger partial charge is 0.444 e. The third-order valence-electron chi connectivity index (χ3n) is 3.10. The number of hydrogen-bond donors (Lipinski definition) is 1. The van der Waals surface area contributed by atoms with Gasteiger partial charge in [0.05, 0.1) is 13.2 Å². The lowest BCUT2D eigenvalue weighted by molar-refractivity contribution is -0.0333. The van der Waals surface area contributed by atoms with Gasteiger partial charge in [0.1, 0.15) is 11.8 Å². The van der Waals surface area contributed by atoms with Crippen molar-refractivity contribution in [3.05, 3.63) is 0 Å². The van der Waals surface area contributed by atoms with E-state index in [2.05, 4.69) is 0 Å². The number of rotatable bonds is 1. The SMILES string of the molecule is CC(C)(C)OC(=O)N1CC[C@@](C)(CO)[C@@H](F)C1. The van der Waals surface area contributed by atoms with E-state index in [1.165, 1.54) is 4.90 Å². The molecule has 0 spiro atoms. The second-order valence-corrected chi connectivity index (χ2v) is 5.96. The number of nitrogens with zero attached hydrogens (tertiary/aromatic N) is 1. The maximum Gasteiger partial charge on any atom is 0.410 e. The molecule has 2 atom stereocenters. The first-order valence-electron chi connectivity index (χ1n) is 5.91. The lowest BCUT2D eigenvalue weighted by atomic mass is 9.80. The van der Waals surface area contributed by atoms with E-state index in [-0.39, 0.29) is 13.2 Å². The van der Waals surface area contributed by atoms with Crippen molar-refractivity contribution in [2.45, 2.75) is 45.9 Å². The summed E-state index contributed by atoms with van der Waals surface area (Å²) < 4.78 is 19.1. The molecule has 5 heteroatoms. The van der Waals surface area contributed by atoms with Gasteiger partial charge in [0, 0.05) is 12.0 Å². The summed E-state index contributed by atoms with van der Waals surface area (Å²) in [5.41, 5.74) is -1.31. The maximum absolute atomic E-state index is 13.9. The van der Waals surface area contributed by atoms with Gasteiger partial charge in [0.25, 0.3) is 0 Å². The van der Waals surface area contributed by atoms with E-state index in [1.807, 2.05) is 0 Å². The van der Waals surface area contributed by atoms with Crippen molar-refractivity contribution in [2.75, 3.05) is 19.7 Å². The molecule has 0 radical (unpaired) electrons. The van der Waals surface area contributed by atoms with Crippen LogP contribution in [0, 0.1) is 5.41 Å². The van der Waals surface area contributed by atoms with Gasteiger partial charge in [-0.2, -0.15) is 0 Å². The van der Waals surface area contributed by atoms with Gasteiger partial charge in [0.2, 0.25) is 0 Å². The van der Waals surface area contributed by atoms with Crippen LogP contribution in [-0.4, -0.2) is 47.6 Å². The molecule has 0 aromatic rings. The number of aliphatic hydroxyl groups excluding tert-OH is 1. The number of carbonyl (C=O) groups excluding carboxylic acids is 1. The van der Waals surface area contributed by atoms with E-state index in [0.717, 1.165) is 0 Å². The van der Waals surface area contributed by atoms with E-state index >= 15 is 0 Å². The molecule has 0 aliphatic carbocycles. The number of carbonyl (C=O) groups is 1. The van der Waals surface area contributed by atoms with Crippen LogP contribution in [-0.2, 0) is 4.74 Å². The van der Waals surface area contributed by atoms with Gasteiger partial charge >= 0.3 is 6.09 Å². The zero-order chi connectivity index (χ0) is 13.3. The van der Waals surface area contributed by atoms with Gasteiger partial charge in [0.15, 0.2) is 0 Å². The Morgan fingerprint density at radius 2 is 2.18 bits per heavy atom. The Hall–Kier alpha value is -0.840. The Balaban J connectivity index is 2.58. The van der Waals surface area contributed by atoms with Crippen LogP contribution in [0.3, 0.4) is 0 Å². The molecule has 1 fully saturated rings. The summed E-state index contributed by atoms with van der Waals surface area (Å²) in [4.78, 5) is 13.1. The number of ether oxygens (including phenoxy) is 1. The van der Waals surface area contributed by atoms with Crippen molar-refractivity contribution in [3.63, 3.8) is 0 Å². The summed E-state index contributed by atoms with van der Waals surface area (Å²) in [5, 5.41) is 9.16. The lowest BCUT2D eigenvalue weighted by Crippen LogP contribution is -2.52. The second-order valence-electron chi connectivity index (χ2n) is 5.96. The number of aliphatic hydroxyl groups is 1. The summed E-state index contributed by atoms with van der Waals surface area (Å²) in [5.74, 6) is 0. The van der Waals surface area contributed by atoms with E-state index in [9.17, 15) is 9.18 Å². The molecule has 1 amide bonds. The van der Waals surface area contributed by atoms with E-state index in [4.69, 9.17) is 9.84 Å². The molecular weight excluding hydrogens is 225 g/mol. The fourth-order valence-corrected chi connectivity index (χ4v) is 1.72. The second kappa shape index (κ2) is 4.80. The summed E-state index contributed by atoms with van der Waals surface area (Å²) in [6.07, 6.45) is -1.25. The molecule has 1 aliphatic heterocycles. The van der Waals surface area contributed by atoms with Crippen LogP contribution in [0.2, 0.25) is 0 Å². The quantitative estimate of drug-likeness (QED) is 0.770. The van der Waals surface area contributed by atoms with Crippen molar-refractivity contribution in [2.24, 2.45) is 5.41 Å². The van der Waals surface area contributed by atoms with Crippen molar-refractivity contribution >= 4 is 6.09 Å². The van der Waals surface area contributed by atoms with Crippen molar-refractivity contribution < 1.29 is 19.0 Å². The summed E-state index contributed by atoms with van der Waals surface area (Å²) in [7, 11) is 0. The minimum Gasteiger partial charge on any atom is -0.444 e. The van der Waals surface area contributed by atoms with Crippen molar-refractivity contribution in [3.8, 4) is 0 Å². The van der Waals surface area contributed by atoms with Crippen LogP contribution in [0.25, 0.3) is 0 Å². The highest BCUT2D eigenvalue weighted by atomic mass is 19.1. The Bertz CT molecular complexity index is 290. The Morgan fingerprint density at radius 1 is 1.59 bits per heavy atom. The summed E-state index contributed by atoms with van der Waals surface area (Å²) in [6, 6.07) is 0. The van der Waals surface area contributed by atoms with Crippen molar-refractivity contribution in [1.82, 2.24) is 4.90 Å². The van der Waals surface area contributed by atoms with Gasteiger partial charge in [-0.05, 0) is 27.2 Å². The number of halogens is 1. The Labute approximate surface area is 102 Å². The minimum atomic E-state index is -1.21. The molecule has 100 valence electrons. The molecule has 0 aromatic carbocycles. The van der Waals surface area contributed by atoms with Crippen LogP contribution in [0.4, 0.5) is 9.18 Å². The predicted molar refractivity (Wildman–Crippen MR) is 62.5 cm³/mol. The Kier molecular flexibility index (Phi) is 4.02. The zero-order valence-electron chi connectivity index (χ0n) is 11.0. The van der Waals surface area contributed by atoms with Crippen LogP contribution in [0.1, 0.15) is 34.1 Å². The third kappa shape index (κ3) is 3.56. The van der Waals surface area contributed by atoms with Gasteiger partial charge in [-0.3, -0.25) is 0 Å². The monoisotopic (exact) mass is 247 g/mol. The molecule has 0 aromatic heterocycles. The van der Waals surface area contributed by atoms with Crippen LogP contribution in [0.5, 0.6) is 0 Å². The van der Waals surface area contributed by atoms with Crippen LogP contribution in [0.15, 0.2) is 0 Å².